The summed E-state index contributed by atoms with van der Waals surface area (Å²) in [4.78, 5) is 36.7. The standard InChI is InChI=1S/C23H18N4O2S/c28-22(20-13-24-18-4-1-2-5-19(18)26-20)25-17-8-7-15-9-10-27(14-16(15)12-17)23(29)21-6-3-11-30-21/h1-8,11-13H,9-10,14H2,(H,25,28). The number of amides is 2. The van der Waals surface area contributed by atoms with Gasteiger partial charge in [0.05, 0.1) is 22.1 Å². The lowest BCUT2D eigenvalue weighted by atomic mass is 9.99. The molecule has 0 atom stereocenters. The molecule has 0 spiro atoms. The lowest BCUT2D eigenvalue weighted by Gasteiger charge is -2.29. The molecule has 1 aliphatic rings. The van der Waals surface area contributed by atoms with E-state index in [0.29, 0.717) is 24.3 Å². The van der Waals surface area contributed by atoms with Crippen molar-refractivity contribution in [2.24, 2.45) is 0 Å². The maximum absolute atomic E-state index is 12.7. The summed E-state index contributed by atoms with van der Waals surface area (Å²) in [6, 6.07) is 17.0. The quantitative estimate of drug-likeness (QED) is 0.547. The highest BCUT2D eigenvalue weighted by Crippen LogP contribution is 2.25. The van der Waals surface area contributed by atoms with Gasteiger partial charge in [0, 0.05) is 18.8 Å². The number of carbonyl (C=O) groups excluding carboxylic acids is 2. The van der Waals surface area contributed by atoms with E-state index in [0.717, 1.165) is 22.4 Å². The van der Waals surface area contributed by atoms with Crippen molar-refractivity contribution in [3.63, 3.8) is 0 Å². The molecule has 7 heteroatoms. The van der Waals surface area contributed by atoms with Crippen molar-refractivity contribution in [1.29, 1.82) is 0 Å². The smallest absolute Gasteiger partial charge is 0.275 e. The average Bonchev–Trinajstić information content (AvgIpc) is 3.32. The van der Waals surface area contributed by atoms with E-state index >= 15 is 0 Å². The second kappa shape index (κ2) is 7.68. The highest BCUT2D eigenvalue weighted by Gasteiger charge is 2.23. The van der Waals surface area contributed by atoms with Crippen molar-refractivity contribution in [3.05, 3.63) is 87.9 Å². The van der Waals surface area contributed by atoms with Crippen LogP contribution < -0.4 is 5.32 Å². The minimum absolute atomic E-state index is 0.0523. The number of nitrogens with zero attached hydrogens (tertiary/aromatic N) is 3. The van der Waals surface area contributed by atoms with Gasteiger partial charge in [0.25, 0.3) is 11.8 Å². The minimum Gasteiger partial charge on any atom is -0.333 e. The largest absolute Gasteiger partial charge is 0.333 e. The maximum Gasteiger partial charge on any atom is 0.275 e. The lowest BCUT2D eigenvalue weighted by Crippen LogP contribution is -2.35. The van der Waals surface area contributed by atoms with Gasteiger partial charge in [-0.25, -0.2) is 4.98 Å². The zero-order chi connectivity index (χ0) is 20.5. The Morgan fingerprint density at radius 3 is 2.70 bits per heavy atom. The normalized spacial score (nSPS) is 13.1. The van der Waals surface area contributed by atoms with Gasteiger partial charge in [0.1, 0.15) is 5.69 Å². The molecule has 4 aromatic rings. The van der Waals surface area contributed by atoms with Crippen LogP contribution in [-0.4, -0.2) is 33.2 Å². The molecule has 0 bridgehead atoms. The molecule has 2 aromatic heterocycles. The first-order valence-corrected chi connectivity index (χ1v) is 10.5. The van der Waals surface area contributed by atoms with Crippen molar-refractivity contribution in [2.75, 3.05) is 11.9 Å². The highest BCUT2D eigenvalue weighted by atomic mass is 32.1. The summed E-state index contributed by atoms with van der Waals surface area (Å²) in [6.45, 7) is 1.23. The van der Waals surface area contributed by atoms with Crippen LogP contribution in [0.5, 0.6) is 0 Å². The molecule has 0 saturated heterocycles. The summed E-state index contributed by atoms with van der Waals surface area (Å²) in [5.41, 5.74) is 4.62. The summed E-state index contributed by atoms with van der Waals surface area (Å²) in [5, 5.41) is 4.81. The molecular formula is C23H18N4O2S. The lowest BCUT2D eigenvalue weighted by molar-refractivity contribution is 0.0739. The van der Waals surface area contributed by atoms with E-state index < -0.39 is 0 Å². The topological polar surface area (TPSA) is 75.2 Å². The Morgan fingerprint density at radius 1 is 1.00 bits per heavy atom. The predicted molar refractivity (Wildman–Crippen MR) is 117 cm³/mol. The van der Waals surface area contributed by atoms with E-state index in [-0.39, 0.29) is 17.5 Å². The van der Waals surface area contributed by atoms with E-state index in [1.165, 1.54) is 23.1 Å². The van der Waals surface area contributed by atoms with Crippen molar-refractivity contribution in [3.8, 4) is 0 Å². The zero-order valence-electron chi connectivity index (χ0n) is 16.0. The Kier molecular flexibility index (Phi) is 4.72. The predicted octanol–water partition coefficient (Wildman–Crippen LogP) is 4.14. The molecule has 3 heterocycles. The minimum atomic E-state index is -0.310. The fourth-order valence-electron chi connectivity index (χ4n) is 3.63. The molecule has 0 saturated carbocycles. The number of aromatic nitrogens is 2. The Bertz CT molecular complexity index is 1250. The SMILES string of the molecule is O=C(Nc1ccc2c(c1)CN(C(=O)c1cccs1)CC2)c1cnc2ccccc2n1. The van der Waals surface area contributed by atoms with E-state index in [4.69, 9.17) is 0 Å². The van der Waals surface area contributed by atoms with E-state index in [9.17, 15) is 9.59 Å². The van der Waals surface area contributed by atoms with Gasteiger partial charge in [-0.1, -0.05) is 24.3 Å². The van der Waals surface area contributed by atoms with Gasteiger partial charge in [0.2, 0.25) is 0 Å². The molecule has 0 unspecified atom stereocenters. The van der Waals surface area contributed by atoms with Gasteiger partial charge in [0.15, 0.2) is 0 Å². The fourth-order valence-corrected chi connectivity index (χ4v) is 4.32. The van der Waals surface area contributed by atoms with E-state index in [2.05, 4.69) is 15.3 Å². The van der Waals surface area contributed by atoms with Gasteiger partial charge >= 0.3 is 0 Å². The molecule has 5 rings (SSSR count). The number of benzene rings is 2. The Balaban J connectivity index is 1.34. The van der Waals surface area contributed by atoms with Crippen LogP contribution in [0.25, 0.3) is 11.0 Å². The third-order valence-electron chi connectivity index (χ3n) is 5.18. The molecule has 0 radical (unpaired) electrons. The molecule has 148 valence electrons. The summed E-state index contributed by atoms with van der Waals surface area (Å²) >= 11 is 1.45. The van der Waals surface area contributed by atoms with Gasteiger partial charge in [-0.2, -0.15) is 0 Å². The van der Waals surface area contributed by atoms with Crippen molar-refractivity contribution in [2.45, 2.75) is 13.0 Å². The number of thiophene rings is 1. The molecule has 1 N–H and O–H groups in total. The average molecular weight is 414 g/mol. The van der Waals surface area contributed by atoms with Gasteiger partial charge in [-0.15, -0.1) is 11.3 Å². The van der Waals surface area contributed by atoms with Gasteiger partial charge < -0.3 is 10.2 Å². The fraction of sp³-hybridized carbons (Fsp3) is 0.130. The number of hydrogen-bond donors (Lipinski definition) is 1. The van der Waals surface area contributed by atoms with Crippen LogP contribution in [0.15, 0.2) is 66.2 Å². The van der Waals surface area contributed by atoms with Crippen LogP contribution in [0.4, 0.5) is 5.69 Å². The summed E-state index contributed by atoms with van der Waals surface area (Å²) in [7, 11) is 0. The molecule has 0 fully saturated rings. The number of hydrogen-bond acceptors (Lipinski definition) is 5. The van der Waals surface area contributed by atoms with Gasteiger partial charge in [-0.3, -0.25) is 14.6 Å². The summed E-state index contributed by atoms with van der Waals surface area (Å²) in [6.07, 6.45) is 2.29. The number of rotatable bonds is 3. The molecule has 2 aromatic carbocycles. The van der Waals surface area contributed by atoms with Crippen LogP contribution in [0.3, 0.4) is 0 Å². The monoisotopic (exact) mass is 414 g/mol. The van der Waals surface area contributed by atoms with E-state index in [1.807, 2.05) is 64.9 Å². The summed E-state index contributed by atoms with van der Waals surface area (Å²) < 4.78 is 0. The second-order valence-corrected chi connectivity index (χ2v) is 8.08. The molecular weight excluding hydrogens is 396 g/mol. The van der Waals surface area contributed by atoms with E-state index in [1.54, 1.807) is 0 Å². The number of nitrogens with one attached hydrogen (secondary N) is 1. The van der Waals surface area contributed by atoms with Crippen LogP contribution in [0.1, 0.15) is 31.3 Å². The number of carbonyl (C=O) groups is 2. The Morgan fingerprint density at radius 2 is 1.87 bits per heavy atom. The second-order valence-electron chi connectivity index (χ2n) is 7.14. The number of fused-ring (bicyclic) bond motifs is 2. The molecule has 2 amide bonds. The first-order valence-electron chi connectivity index (χ1n) is 9.65. The molecule has 0 aliphatic carbocycles. The first kappa shape index (κ1) is 18.4. The van der Waals surface area contributed by atoms with Gasteiger partial charge in [-0.05, 0) is 53.3 Å². The molecule has 30 heavy (non-hydrogen) atoms. The zero-order valence-corrected chi connectivity index (χ0v) is 16.9. The van der Waals surface area contributed by atoms with Crippen LogP contribution in [0.2, 0.25) is 0 Å². The van der Waals surface area contributed by atoms with Crippen LogP contribution in [-0.2, 0) is 13.0 Å². The number of anilines is 1. The van der Waals surface area contributed by atoms with Crippen molar-refractivity contribution in [1.82, 2.24) is 14.9 Å². The van der Waals surface area contributed by atoms with Crippen LogP contribution in [0, 0.1) is 0 Å². The highest BCUT2D eigenvalue weighted by molar-refractivity contribution is 7.12. The van der Waals surface area contributed by atoms with Crippen molar-refractivity contribution < 1.29 is 9.59 Å². The number of para-hydroxylation sites is 2. The summed E-state index contributed by atoms with van der Waals surface area (Å²) in [5.74, 6) is -0.257. The first-order chi connectivity index (χ1) is 14.7. The third kappa shape index (κ3) is 3.55. The Hall–Kier alpha value is -3.58. The maximum atomic E-state index is 12.7. The Labute approximate surface area is 177 Å². The molecule has 1 aliphatic heterocycles. The third-order valence-corrected chi connectivity index (χ3v) is 6.03. The molecule has 6 nitrogen and oxygen atoms in total. The van der Waals surface area contributed by atoms with Crippen molar-refractivity contribution >= 4 is 39.9 Å². The van der Waals surface area contributed by atoms with Crippen LogP contribution >= 0.6 is 11.3 Å².